The van der Waals surface area contributed by atoms with Crippen molar-refractivity contribution in [3.05, 3.63) is 112 Å². The minimum atomic E-state index is -0.543. The van der Waals surface area contributed by atoms with Crippen molar-refractivity contribution < 1.29 is 28.1 Å². The summed E-state index contributed by atoms with van der Waals surface area (Å²) in [5, 5.41) is 0.346. The maximum absolute atomic E-state index is 14.6. The van der Waals surface area contributed by atoms with Gasteiger partial charge in [-0.05, 0) is 81.2 Å². The summed E-state index contributed by atoms with van der Waals surface area (Å²) in [5.74, 6) is 2.76. The number of hydrogen-bond donors (Lipinski definition) is 0. The molecular weight excluding hydrogens is 621 g/mol. The maximum Gasteiger partial charge on any atom is 0.343 e. The molecule has 10 heteroatoms. The minimum absolute atomic E-state index is 0.226. The number of carbonyl (C=O) groups is 1. The summed E-state index contributed by atoms with van der Waals surface area (Å²) >= 11 is 5.94. The fraction of sp³-hybridized carbons (Fsp3) is 0.297. The molecule has 0 spiro atoms. The molecular formula is C37H35ClFN3O5. The van der Waals surface area contributed by atoms with Gasteiger partial charge in [-0.25, -0.2) is 14.2 Å². The highest BCUT2D eigenvalue weighted by Crippen LogP contribution is 2.44. The van der Waals surface area contributed by atoms with Crippen LogP contribution in [0.1, 0.15) is 59.1 Å². The summed E-state index contributed by atoms with van der Waals surface area (Å²) in [6, 6.07) is 23.1. The van der Waals surface area contributed by atoms with Crippen LogP contribution in [0.25, 0.3) is 11.0 Å². The molecule has 47 heavy (non-hydrogen) atoms. The van der Waals surface area contributed by atoms with Crippen molar-refractivity contribution in [1.82, 2.24) is 14.5 Å². The summed E-state index contributed by atoms with van der Waals surface area (Å²) in [6.07, 6.45) is 1.34. The van der Waals surface area contributed by atoms with Crippen LogP contribution in [0.4, 0.5) is 4.39 Å². The van der Waals surface area contributed by atoms with E-state index >= 15 is 0 Å². The van der Waals surface area contributed by atoms with Gasteiger partial charge in [-0.2, -0.15) is 0 Å². The van der Waals surface area contributed by atoms with Crippen LogP contribution in [0.2, 0.25) is 5.02 Å². The predicted octanol–water partition coefficient (Wildman–Crippen LogP) is 7.88. The van der Waals surface area contributed by atoms with Crippen molar-refractivity contribution in [3.8, 4) is 23.0 Å². The van der Waals surface area contributed by atoms with Crippen molar-refractivity contribution in [2.75, 3.05) is 26.3 Å². The second-order valence-corrected chi connectivity index (χ2v) is 12.3. The lowest BCUT2D eigenvalue weighted by Gasteiger charge is -2.34. The molecule has 0 aliphatic carbocycles. The van der Waals surface area contributed by atoms with E-state index in [4.69, 9.17) is 35.5 Å². The third-order valence-electron chi connectivity index (χ3n) is 8.89. The van der Waals surface area contributed by atoms with Gasteiger partial charge in [0.05, 0.1) is 24.2 Å². The molecule has 1 aromatic heterocycles. The van der Waals surface area contributed by atoms with Crippen molar-refractivity contribution in [3.63, 3.8) is 0 Å². The zero-order chi connectivity index (χ0) is 32.5. The monoisotopic (exact) mass is 655 g/mol. The van der Waals surface area contributed by atoms with Gasteiger partial charge in [0.15, 0.2) is 17.6 Å². The van der Waals surface area contributed by atoms with Crippen molar-refractivity contribution >= 4 is 28.6 Å². The quantitative estimate of drug-likeness (QED) is 0.124. The van der Waals surface area contributed by atoms with E-state index in [1.165, 1.54) is 6.07 Å². The van der Waals surface area contributed by atoms with Gasteiger partial charge < -0.3 is 23.5 Å². The van der Waals surface area contributed by atoms with Gasteiger partial charge in [-0.1, -0.05) is 48.0 Å². The molecule has 1 saturated heterocycles. The number of ether oxygens (including phenoxy) is 4. The fourth-order valence-electron chi connectivity index (χ4n) is 6.45. The maximum atomic E-state index is 14.6. The Balaban J connectivity index is 1.04. The van der Waals surface area contributed by atoms with E-state index in [0.717, 1.165) is 54.1 Å². The third-order valence-corrected chi connectivity index (χ3v) is 9.13. The first kappa shape index (κ1) is 31.0. The van der Waals surface area contributed by atoms with Crippen LogP contribution in [0.5, 0.6) is 23.0 Å². The summed E-state index contributed by atoms with van der Waals surface area (Å²) < 4.78 is 40.6. The summed E-state index contributed by atoms with van der Waals surface area (Å²) in [4.78, 5) is 20.4. The Bertz CT molecular complexity index is 1920. The summed E-state index contributed by atoms with van der Waals surface area (Å²) in [5.41, 5.74) is 3.49. The topological polar surface area (TPSA) is 75.1 Å². The second-order valence-electron chi connectivity index (χ2n) is 11.9. The van der Waals surface area contributed by atoms with E-state index in [1.807, 2.05) is 54.9 Å². The lowest BCUT2D eigenvalue weighted by atomic mass is 9.88. The van der Waals surface area contributed by atoms with Gasteiger partial charge in [0.1, 0.15) is 35.3 Å². The zero-order valence-corrected chi connectivity index (χ0v) is 27.0. The normalized spacial score (nSPS) is 16.7. The van der Waals surface area contributed by atoms with Crippen LogP contribution in [0.15, 0.2) is 78.9 Å². The van der Waals surface area contributed by atoms with Gasteiger partial charge >= 0.3 is 5.97 Å². The first-order chi connectivity index (χ1) is 22.9. The molecule has 1 atom stereocenters. The Labute approximate surface area is 277 Å². The number of fused-ring (bicyclic) bond motifs is 2. The van der Waals surface area contributed by atoms with E-state index in [2.05, 4.69) is 11.0 Å². The van der Waals surface area contributed by atoms with Gasteiger partial charge in [0, 0.05) is 23.2 Å². The van der Waals surface area contributed by atoms with Gasteiger partial charge in [-0.15, -0.1) is 0 Å². The number of para-hydroxylation sites is 2. The number of nitrogens with zero attached hydrogens (tertiary/aromatic N) is 3. The van der Waals surface area contributed by atoms with Crippen LogP contribution in [0, 0.1) is 5.82 Å². The first-order valence-electron chi connectivity index (χ1n) is 15.9. The lowest BCUT2D eigenvalue weighted by Crippen LogP contribution is -2.33. The largest absolute Gasteiger partial charge is 0.492 e. The first-order valence-corrected chi connectivity index (χ1v) is 16.2. The Morgan fingerprint density at radius 3 is 2.60 bits per heavy atom. The van der Waals surface area contributed by atoms with Crippen LogP contribution in [-0.4, -0.2) is 46.7 Å². The number of aryl methyl sites for hydroxylation is 1. The molecule has 2 aliphatic heterocycles. The van der Waals surface area contributed by atoms with Crippen molar-refractivity contribution in [2.45, 2.75) is 38.3 Å². The second kappa shape index (κ2) is 13.3. The SMILES string of the molecule is CCOc1cc(C(=O)Oc2ccccc2)cc2c1nc(CN1CCC(c3cccc4c3OC[C@H](c3ccc(Cl)cc3F)O4)CC1)n2C. The number of aromatic nitrogens is 2. The average Bonchev–Trinajstić information content (AvgIpc) is 3.40. The highest BCUT2D eigenvalue weighted by Gasteiger charge is 2.31. The number of halogens is 2. The van der Waals surface area contributed by atoms with Crippen LogP contribution in [0.3, 0.4) is 0 Å². The standard InChI is InChI=1S/C37H35ClFN3O5/c1-3-44-32-19-24(37(43)46-26-8-5-4-6-9-26)18-30-35(32)40-34(41(30)2)21-42-16-14-23(15-17-42)27-10-7-11-31-36(27)45-22-33(47-31)28-13-12-25(38)20-29(28)39/h4-13,18-20,23,33H,3,14-17,21-22H2,1-2H3/t33-/m1/s1. The predicted molar refractivity (Wildman–Crippen MR) is 177 cm³/mol. The number of esters is 1. The molecule has 242 valence electrons. The molecule has 0 saturated carbocycles. The molecule has 3 heterocycles. The van der Waals surface area contributed by atoms with E-state index in [9.17, 15) is 9.18 Å². The average molecular weight is 656 g/mol. The van der Waals surface area contributed by atoms with Crippen LogP contribution < -0.4 is 18.9 Å². The lowest BCUT2D eigenvalue weighted by molar-refractivity contribution is 0.0734. The Morgan fingerprint density at radius 2 is 1.83 bits per heavy atom. The van der Waals surface area contributed by atoms with Crippen LogP contribution >= 0.6 is 11.6 Å². The molecule has 5 aromatic rings. The molecule has 0 N–H and O–H groups in total. The van der Waals surface area contributed by atoms with Crippen molar-refractivity contribution in [2.24, 2.45) is 7.05 Å². The molecule has 0 bridgehead atoms. The third kappa shape index (κ3) is 6.38. The molecule has 7 rings (SSSR count). The number of rotatable bonds is 8. The van der Waals surface area contributed by atoms with Crippen LogP contribution in [-0.2, 0) is 13.6 Å². The van der Waals surface area contributed by atoms with Gasteiger partial charge in [0.25, 0.3) is 0 Å². The molecule has 0 amide bonds. The molecule has 0 radical (unpaired) electrons. The minimum Gasteiger partial charge on any atom is -0.492 e. The molecule has 1 fully saturated rings. The fourth-order valence-corrected chi connectivity index (χ4v) is 6.61. The van der Waals surface area contributed by atoms with E-state index in [0.29, 0.717) is 52.5 Å². The van der Waals surface area contributed by atoms with Gasteiger partial charge in [-0.3, -0.25) is 4.90 Å². The van der Waals surface area contributed by atoms with E-state index in [-0.39, 0.29) is 6.61 Å². The molecule has 2 aliphatic rings. The Morgan fingerprint density at radius 1 is 1.02 bits per heavy atom. The number of imidazole rings is 1. The number of hydrogen-bond acceptors (Lipinski definition) is 7. The van der Waals surface area contributed by atoms with Crippen molar-refractivity contribution in [1.29, 1.82) is 0 Å². The summed E-state index contributed by atoms with van der Waals surface area (Å²) in [7, 11) is 1.97. The Kier molecular flexibility index (Phi) is 8.75. The molecule has 8 nitrogen and oxygen atoms in total. The summed E-state index contributed by atoms with van der Waals surface area (Å²) in [6.45, 7) is 5.00. The molecule has 4 aromatic carbocycles. The van der Waals surface area contributed by atoms with Gasteiger partial charge in [0.2, 0.25) is 0 Å². The van der Waals surface area contributed by atoms with E-state index in [1.54, 1.807) is 30.3 Å². The highest BCUT2D eigenvalue weighted by molar-refractivity contribution is 6.30. The number of piperidine rings is 1. The smallest absolute Gasteiger partial charge is 0.343 e. The highest BCUT2D eigenvalue weighted by atomic mass is 35.5. The number of carbonyl (C=O) groups excluding carboxylic acids is 1. The number of benzene rings is 4. The Hall–Kier alpha value is -4.60. The number of likely N-dealkylation sites (tertiary alicyclic amines) is 1. The molecule has 0 unspecified atom stereocenters. The van der Waals surface area contributed by atoms with E-state index < -0.39 is 17.9 Å². The zero-order valence-electron chi connectivity index (χ0n) is 26.2.